The third-order valence-electron chi connectivity index (χ3n) is 2.73. The van der Waals surface area contributed by atoms with Crippen LogP contribution in [-0.2, 0) is 0 Å². The van der Waals surface area contributed by atoms with Gasteiger partial charge in [0.15, 0.2) is 0 Å². The van der Waals surface area contributed by atoms with Gasteiger partial charge in [0.25, 0.3) is 0 Å². The quantitative estimate of drug-likeness (QED) is 0.423. The van der Waals surface area contributed by atoms with Gasteiger partial charge in [-0.1, -0.05) is 31.7 Å². The number of hydrogen-bond acceptors (Lipinski definition) is 2. The Morgan fingerprint density at radius 3 is 2.29 bits per heavy atom. The number of nitrogens with one attached hydrogen (secondary N) is 1. The first kappa shape index (κ1) is 11.3. The van der Waals surface area contributed by atoms with Gasteiger partial charge in [0.2, 0.25) is 0 Å². The minimum atomic E-state index is 0.599. The summed E-state index contributed by atoms with van der Waals surface area (Å²) >= 11 is 1.46. The normalized spacial score (nSPS) is 18.1. The van der Waals surface area contributed by atoms with Crippen molar-refractivity contribution in [2.45, 2.75) is 19.3 Å². The van der Waals surface area contributed by atoms with Crippen LogP contribution < -0.4 is 0 Å². The molecule has 0 heterocycles. The first-order valence-electron chi connectivity index (χ1n) is 4.86. The molecule has 0 spiro atoms. The van der Waals surface area contributed by atoms with Gasteiger partial charge in [-0.15, -0.1) is 11.8 Å². The lowest BCUT2D eigenvalue weighted by molar-refractivity contribution is 0.373. The monoisotopic (exact) mass is 207 g/mol. The summed E-state index contributed by atoms with van der Waals surface area (Å²) in [6, 6.07) is 0. The van der Waals surface area contributed by atoms with E-state index in [2.05, 4.69) is 13.2 Å². The highest BCUT2D eigenvalue weighted by Crippen LogP contribution is 2.36. The van der Waals surface area contributed by atoms with Crippen LogP contribution >= 0.6 is 11.8 Å². The van der Waals surface area contributed by atoms with Gasteiger partial charge in [0.1, 0.15) is 0 Å². The number of thioether (sulfide) groups is 1. The van der Waals surface area contributed by atoms with Gasteiger partial charge in [0, 0.05) is 5.57 Å². The van der Waals surface area contributed by atoms with Crippen molar-refractivity contribution in [2.75, 3.05) is 6.26 Å². The van der Waals surface area contributed by atoms with Crippen molar-refractivity contribution in [1.29, 1.82) is 5.41 Å². The molecular weight excluding hydrogens is 190 g/mol. The van der Waals surface area contributed by atoms with Crippen LogP contribution in [0.25, 0.3) is 0 Å². The number of rotatable bonds is 4. The van der Waals surface area contributed by atoms with Gasteiger partial charge in [-0.3, -0.25) is 5.41 Å². The molecule has 0 bridgehead atoms. The summed E-state index contributed by atoms with van der Waals surface area (Å²) in [6.45, 7) is 7.62. The molecule has 0 aromatic heterocycles. The van der Waals surface area contributed by atoms with Gasteiger partial charge in [-0.2, -0.15) is 0 Å². The van der Waals surface area contributed by atoms with Crippen molar-refractivity contribution >= 4 is 16.8 Å². The van der Waals surface area contributed by atoms with E-state index in [1.807, 2.05) is 12.3 Å². The molecule has 1 nitrogen and oxygen atoms in total. The standard InChI is InChI=1S/C12H17NS/c1-4-10(9-7-6-8-9)11(5-2)12(13)14-3/h4-5,9,13H,1-2,6-8H2,3H3/b11-10-,13-12?. The highest BCUT2D eigenvalue weighted by atomic mass is 32.2. The largest absolute Gasteiger partial charge is 0.293 e. The third kappa shape index (κ3) is 2.18. The highest BCUT2D eigenvalue weighted by molar-refractivity contribution is 8.13. The van der Waals surface area contributed by atoms with E-state index in [1.165, 1.54) is 36.6 Å². The molecule has 0 amide bonds. The minimum Gasteiger partial charge on any atom is -0.293 e. The number of allylic oxidation sites excluding steroid dienone is 3. The second-order valence-electron chi connectivity index (χ2n) is 3.44. The van der Waals surface area contributed by atoms with E-state index in [-0.39, 0.29) is 0 Å². The molecule has 0 aliphatic heterocycles. The minimum absolute atomic E-state index is 0.599. The summed E-state index contributed by atoms with van der Waals surface area (Å²) in [4.78, 5) is 0. The second kappa shape index (κ2) is 5.20. The Morgan fingerprint density at radius 1 is 1.36 bits per heavy atom. The molecular formula is C12H17NS. The zero-order chi connectivity index (χ0) is 10.6. The van der Waals surface area contributed by atoms with Crippen LogP contribution in [0.5, 0.6) is 0 Å². The summed E-state index contributed by atoms with van der Waals surface area (Å²) in [5.41, 5.74) is 2.18. The van der Waals surface area contributed by atoms with Crippen molar-refractivity contribution in [3.63, 3.8) is 0 Å². The second-order valence-corrected chi connectivity index (χ2v) is 4.25. The molecule has 76 valence electrons. The average molecular weight is 207 g/mol. The molecule has 0 aromatic rings. The summed E-state index contributed by atoms with van der Waals surface area (Å²) in [5.74, 6) is 0.619. The zero-order valence-corrected chi connectivity index (χ0v) is 9.49. The molecule has 0 saturated heterocycles. The SMILES string of the molecule is C=C/C(C(=N)SC)=C(\C=C)C1CCC1. The van der Waals surface area contributed by atoms with E-state index < -0.39 is 0 Å². The molecule has 1 saturated carbocycles. The fourth-order valence-electron chi connectivity index (χ4n) is 1.67. The highest BCUT2D eigenvalue weighted by Gasteiger charge is 2.22. The van der Waals surface area contributed by atoms with E-state index in [9.17, 15) is 0 Å². The smallest absolute Gasteiger partial charge is 0.0942 e. The summed E-state index contributed by atoms with van der Waals surface area (Å²) in [6.07, 6.45) is 9.38. The van der Waals surface area contributed by atoms with Crippen molar-refractivity contribution < 1.29 is 0 Å². The molecule has 1 aliphatic rings. The average Bonchev–Trinajstić information content (AvgIpc) is 2.13. The Balaban J connectivity index is 2.97. The first-order chi connectivity index (χ1) is 6.74. The topological polar surface area (TPSA) is 23.9 Å². The van der Waals surface area contributed by atoms with Gasteiger partial charge in [-0.25, -0.2) is 0 Å². The van der Waals surface area contributed by atoms with Crippen LogP contribution in [0.4, 0.5) is 0 Å². The molecule has 0 aromatic carbocycles. The van der Waals surface area contributed by atoms with Crippen LogP contribution in [0.2, 0.25) is 0 Å². The summed E-state index contributed by atoms with van der Waals surface area (Å²) < 4.78 is 0. The zero-order valence-electron chi connectivity index (χ0n) is 8.68. The van der Waals surface area contributed by atoms with E-state index in [0.29, 0.717) is 11.0 Å². The van der Waals surface area contributed by atoms with Crippen LogP contribution in [0.1, 0.15) is 19.3 Å². The molecule has 1 rings (SSSR count). The fourth-order valence-corrected chi connectivity index (χ4v) is 2.09. The molecule has 1 N–H and O–H groups in total. The van der Waals surface area contributed by atoms with Gasteiger partial charge in [-0.05, 0) is 30.6 Å². The lowest BCUT2D eigenvalue weighted by atomic mass is 9.78. The predicted octanol–water partition coefficient (Wildman–Crippen LogP) is 3.80. The van der Waals surface area contributed by atoms with Crippen LogP contribution in [0.15, 0.2) is 36.5 Å². The van der Waals surface area contributed by atoms with Gasteiger partial charge in [0.05, 0.1) is 5.04 Å². The summed E-state index contributed by atoms with van der Waals surface area (Å²) in [5, 5.41) is 8.41. The van der Waals surface area contributed by atoms with Gasteiger partial charge >= 0.3 is 0 Å². The van der Waals surface area contributed by atoms with Crippen molar-refractivity contribution in [3.8, 4) is 0 Å². The van der Waals surface area contributed by atoms with Crippen molar-refractivity contribution in [1.82, 2.24) is 0 Å². The lowest BCUT2D eigenvalue weighted by Gasteiger charge is -2.28. The van der Waals surface area contributed by atoms with Crippen LogP contribution in [-0.4, -0.2) is 11.3 Å². The van der Waals surface area contributed by atoms with E-state index in [0.717, 1.165) is 5.57 Å². The first-order valence-corrected chi connectivity index (χ1v) is 6.09. The summed E-state index contributed by atoms with van der Waals surface area (Å²) in [7, 11) is 0. The lowest BCUT2D eigenvalue weighted by Crippen LogP contribution is -2.15. The molecule has 14 heavy (non-hydrogen) atoms. The van der Waals surface area contributed by atoms with Crippen molar-refractivity contribution in [2.24, 2.45) is 5.92 Å². The molecule has 1 fully saturated rings. The molecule has 2 heteroatoms. The predicted molar refractivity (Wildman–Crippen MR) is 66.0 cm³/mol. The fraction of sp³-hybridized carbons (Fsp3) is 0.417. The van der Waals surface area contributed by atoms with E-state index in [4.69, 9.17) is 5.41 Å². The number of hydrogen-bond donors (Lipinski definition) is 1. The Hall–Kier alpha value is -0.760. The Morgan fingerprint density at radius 2 is 2.00 bits per heavy atom. The van der Waals surface area contributed by atoms with Crippen LogP contribution in [0.3, 0.4) is 0 Å². The van der Waals surface area contributed by atoms with Crippen molar-refractivity contribution in [3.05, 3.63) is 36.5 Å². The van der Waals surface area contributed by atoms with E-state index in [1.54, 1.807) is 6.08 Å². The Labute approximate surface area is 90.5 Å². The van der Waals surface area contributed by atoms with Crippen LogP contribution in [0, 0.1) is 11.3 Å². The van der Waals surface area contributed by atoms with Gasteiger partial charge < -0.3 is 0 Å². The third-order valence-corrected chi connectivity index (χ3v) is 3.36. The maximum Gasteiger partial charge on any atom is 0.0942 e. The molecule has 0 unspecified atom stereocenters. The maximum atomic E-state index is 7.81. The van der Waals surface area contributed by atoms with E-state index >= 15 is 0 Å². The molecule has 1 aliphatic carbocycles. The molecule has 0 radical (unpaired) electrons. The maximum absolute atomic E-state index is 7.81. The Bertz CT molecular complexity index is 285. The molecule has 0 atom stereocenters. The Kier molecular flexibility index (Phi) is 4.21.